The minimum Gasteiger partial charge on any atom is -0.445 e. The Bertz CT molecular complexity index is 911. The first kappa shape index (κ1) is 16.5. The Kier molecular flexibility index (Phi) is 5.63. The van der Waals surface area contributed by atoms with E-state index in [4.69, 9.17) is 4.74 Å². The van der Waals surface area contributed by atoms with Gasteiger partial charge in [-0.1, -0.05) is 54.3 Å². The molecule has 4 nitrogen and oxygen atoms in total. The predicted octanol–water partition coefficient (Wildman–Crippen LogP) is 3.90. The van der Waals surface area contributed by atoms with E-state index in [1.807, 2.05) is 60.7 Å². The molecule has 25 heavy (non-hydrogen) atoms. The highest BCUT2D eigenvalue weighted by atomic mass is 16.5. The third kappa shape index (κ3) is 5.08. The summed E-state index contributed by atoms with van der Waals surface area (Å²) in [6.45, 7) is 0.717. The lowest BCUT2D eigenvalue weighted by Crippen LogP contribution is -2.24. The molecule has 1 heterocycles. The molecular formula is C21H18N2O2. The number of alkyl carbamates (subject to hydrolysis) is 1. The summed E-state index contributed by atoms with van der Waals surface area (Å²) in [5.74, 6) is 6.13. The fourth-order valence-corrected chi connectivity index (χ4v) is 2.31. The topological polar surface area (TPSA) is 51.2 Å². The minimum atomic E-state index is -0.430. The lowest BCUT2D eigenvalue weighted by molar-refractivity contribution is 0.140. The Hall–Kier alpha value is -3.32. The maximum atomic E-state index is 11.6. The molecule has 0 saturated carbocycles. The number of amides is 1. The van der Waals surface area contributed by atoms with Crippen LogP contribution in [0.3, 0.4) is 0 Å². The van der Waals surface area contributed by atoms with Crippen LogP contribution in [0.25, 0.3) is 10.9 Å². The van der Waals surface area contributed by atoms with Gasteiger partial charge in [-0.2, -0.15) is 0 Å². The number of carbonyl (C=O) groups is 1. The number of fused-ring (bicyclic) bond motifs is 1. The Morgan fingerprint density at radius 2 is 1.96 bits per heavy atom. The summed E-state index contributed by atoms with van der Waals surface area (Å²) in [5.41, 5.74) is 2.80. The molecule has 1 aromatic heterocycles. The highest BCUT2D eigenvalue weighted by Crippen LogP contribution is 2.12. The molecule has 0 spiro atoms. The molecule has 1 amide bonds. The van der Waals surface area contributed by atoms with Crippen molar-refractivity contribution in [2.45, 2.75) is 13.0 Å². The molecule has 4 heteroatoms. The second kappa shape index (κ2) is 8.51. The van der Waals surface area contributed by atoms with Gasteiger partial charge >= 0.3 is 6.09 Å². The van der Waals surface area contributed by atoms with Gasteiger partial charge in [-0.3, -0.25) is 4.98 Å². The van der Waals surface area contributed by atoms with Crippen LogP contribution in [0.4, 0.5) is 4.79 Å². The molecule has 1 N–H and O–H groups in total. The van der Waals surface area contributed by atoms with Crippen LogP contribution in [0, 0.1) is 11.8 Å². The number of carbonyl (C=O) groups excluding carboxylic acids is 1. The number of aromatic nitrogens is 1. The van der Waals surface area contributed by atoms with Gasteiger partial charge < -0.3 is 10.1 Å². The number of rotatable bonds is 4. The van der Waals surface area contributed by atoms with Crippen molar-refractivity contribution in [3.8, 4) is 11.8 Å². The Balaban J connectivity index is 1.42. The number of nitrogens with zero attached hydrogens (tertiary/aromatic N) is 1. The van der Waals surface area contributed by atoms with Crippen LogP contribution >= 0.6 is 0 Å². The van der Waals surface area contributed by atoms with Gasteiger partial charge in [-0.15, -0.1) is 0 Å². The zero-order valence-corrected chi connectivity index (χ0v) is 13.7. The van der Waals surface area contributed by atoms with Crippen molar-refractivity contribution < 1.29 is 9.53 Å². The average molecular weight is 330 g/mol. The van der Waals surface area contributed by atoms with E-state index in [0.29, 0.717) is 13.0 Å². The van der Waals surface area contributed by atoms with Gasteiger partial charge in [0.1, 0.15) is 6.61 Å². The first-order chi connectivity index (χ1) is 12.3. The lowest BCUT2D eigenvalue weighted by atomic mass is 10.1. The molecule has 0 fully saturated rings. The first-order valence-electron chi connectivity index (χ1n) is 8.09. The van der Waals surface area contributed by atoms with Crippen LogP contribution in [0.5, 0.6) is 0 Å². The van der Waals surface area contributed by atoms with E-state index in [-0.39, 0.29) is 6.61 Å². The number of benzene rings is 2. The van der Waals surface area contributed by atoms with Crippen LogP contribution in [0.1, 0.15) is 17.5 Å². The molecule has 0 aliphatic heterocycles. The molecule has 3 aromatic rings. The number of hydrogen-bond acceptors (Lipinski definition) is 3. The van der Waals surface area contributed by atoms with Gasteiger partial charge in [-0.25, -0.2) is 4.79 Å². The monoisotopic (exact) mass is 330 g/mol. The van der Waals surface area contributed by atoms with Gasteiger partial charge in [0.2, 0.25) is 0 Å². The van der Waals surface area contributed by atoms with Crippen molar-refractivity contribution >= 4 is 17.0 Å². The molecule has 0 aliphatic rings. The Morgan fingerprint density at radius 1 is 1.08 bits per heavy atom. The molecule has 0 bridgehead atoms. The van der Waals surface area contributed by atoms with Crippen molar-refractivity contribution in [2.24, 2.45) is 0 Å². The Morgan fingerprint density at radius 3 is 2.84 bits per heavy atom. The van der Waals surface area contributed by atoms with Gasteiger partial charge in [0, 0.05) is 30.1 Å². The van der Waals surface area contributed by atoms with Crippen LogP contribution in [0.2, 0.25) is 0 Å². The van der Waals surface area contributed by atoms with E-state index in [0.717, 1.165) is 22.0 Å². The first-order valence-corrected chi connectivity index (χ1v) is 8.09. The van der Waals surface area contributed by atoms with Crippen LogP contribution in [0.15, 0.2) is 66.9 Å². The third-order valence-electron chi connectivity index (χ3n) is 3.57. The normalized spacial score (nSPS) is 9.92. The van der Waals surface area contributed by atoms with Crippen LogP contribution < -0.4 is 5.32 Å². The van der Waals surface area contributed by atoms with Crippen molar-refractivity contribution in [2.75, 3.05) is 6.54 Å². The summed E-state index contributed by atoms with van der Waals surface area (Å²) < 4.78 is 5.13. The summed E-state index contributed by atoms with van der Waals surface area (Å²) in [7, 11) is 0. The quantitative estimate of drug-likeness (QED) is 0.583. The van der Waals surface area contributed by atoms with Crippen molar-refractivity contribution in [3.63, 3.8) is 0 Å². The minimum absolute atomic E-state index is 0.266. The van der Waals surface area contributed by atoms with Crippen molar-refractivity contribution in [3.05, 3.63) is 78.0 Å². The van der Waals surface area contributed by atoms with E-state index in [2.05, 4.69) is 22.1 Å². The fraction of sp³-hybridized carbons (Fsp3) is 0.143. The molecule has 0 atom stereocenters. The maximum absolute atomic E-state index is 11.6. The highest BCUT2D eigenvalue weighted by molar-refractivity contribution is 5.79. The molecule has 0 radical (unpaired) electrons. The summed E-state index contributed by atoms with van der Waals surface area (Å²) in [4.78, 5) is 15.9. The van der Waals surface area contributed by atoms with E-state index in [1.54, 1.807) is 6.20 Å². The van der Waals surface area contributed by atoms with E-state index in [9.17, 15) is 4.79 Å². The number of ether oxygens (including phenoxy) is 1. The third-order valence-corrected chi connectivity index (χ3v) is 3.57. The molecule has 0 saturated heterocycles. The van der Waals surface area contributed by atoms with E-state index < -0.39 is 6.09 Å². The molecule has 124 valence electrons. The average Bonchev–Trinajstić information content (AvgIpc) is 2.67. The summed E-state index contributed by atoms with van der Waals surface area (Å²) in [6.07, 6.45) is 1.89. The van der Waals surface area contributed by atoms with Crippen molar-refractivity contribution in [1.82, 2.24) is 10.3 Å². The van der Waals surface area contributed by atoms with Crippen LogP contribution in [-0.4, -0.2) is 17.6 Å². The number of pyridine rings is 1. The van der Waals surface area contributed by atoms with E-state index >= 15 is 0 Å². The molecule has 3 rings (SSSR count). The highest BCUT2D eigenvalue weighted by Gasteiger charge is 2.00. The number of hydrogen-bond donors (Lipinski definition) is 1. The Labute approximate surface area is 146 Å². The zero-order chi connectivity index (χ0) is 17.3. The summed E-state index contributed by atoms with van der Waals surface area (Å²) in [6, 6.07) is 19.4. The van der Waals surface area contributed by atoms with E-state index in [1.165, 1.54) is 0 Å². The second-order valence-corrected chi connectivity index (χ2v) is 5.45. The van der Waals surface area contributed by atoms with Gasteiger partial charge in [0.15, 0.2) is 0 Å². The van der Waals surface area contributed by atoms with Crippen molar-refractivity contribution in [1.29, 1.82) is 0 Å². The van der Waals surface area contributed by atoms with Gasteiger partial charge in [-0.05, 0) is 23.8 Å². The summed E-state index contributed by atoms with van der Waals surface area (Å²) >= 11 is 0. The number of nitrogens with one attached hydrogen (secondary N) is 1. The maximum Gasteiger partial charge on any atom is 0.407 e. The fourth-order valence-electron chi connectivity index (χ4n) is 2.31. The molecule has 0 aliphatic carbocycles. The SMILES string of the molecule is O=C(NCCC#Cc1ccc2cccnc2c1)OCc1ccccc1. The molecule has 2 aromatic carbocycles. The smallest absolute Gasteiger partial charge is 0.407 e. The predicted molar refractivity (Wildman–Crippen MR) is 97.9 cm³/mol. The van der Waals surface area contributed by atoms with Gasteiger partial charge in [0.05, 0.1) is 5.52 Å². The second-order valence-electron chi connectivity index (χ2n) is 5.45. The largest absolute Gasteiger partial charge is 0.445 e. The summed E-state index contributed by atoms with van der Waals surface area (Å²) in [5, 5.41) is 3.79. The zero-order valence-electron chi connectivity index (χ0n) is 13.7. The van der Waals surface area contributed by atoms with Crippen LogP contribution in [-0.2, 0) is 11.3 Å². The van der Waals surface area contributed by atoms with Gasteiger partial charge in [0.25, 0.3) is 0 Å². The lowest BCUT2D eigenvalue weighted by Gasteiger charge is -2.05. The molecule has 0 unspecified atom stereocenters. The molecular weight excluding hydrogens is 312 g/mol. The standard InChI is InChI=1S/C21H18N2O2/c24-21(25-16-18-8-2-1-3-9-18)23-13-5-4-7-17-11-12-19-10-6-14-22-20(19)15-17/h1-3,6,8-12,14-15H,5,13,16H2,(H,23,24).